The summed E-state index contributed by atoms with van der Waals surface area (Å²) in [5.41, 5.74) is 1.77. The first-order chi connectivity index (χ1) is 10.0. The van der Waals surface area contributed by atoms with Gasteiger partial charge in [0, 0.05) is 12.7 Å². The first-order valence-corrected chi connectivity index (χ1v) is 8.41. The maximum Gasteiger partial charge on any atom is 0.180 e. The Hall–Kier alpha value is -0.950. The van der Waals surface area contributed by atoms with Gasteiger partial charge >= 0.3 is 0 Å². The Morgan fingerprint density at radius 1 is 1.29 bits per heavy atom. The van der Waals surface area contributed by atoms with E-state index in [1.54, 1.807) is 12.3 Å². The SMILES string of the molecule is CCCNc1nc(-c2ccc(Cl)cn2)nc(C(C)C)c1I. The van der Waals surface area contributed by atoms with Gasteiger partial charge in [-0.15, -0.1) is 0 Å². The van der Waals surface area contributed by atoms with Gasteiger partial charge in [0.2, 0.25) is 0 Å². The van der Waals surface area contributed by atoms with Crippen LogP contribution in [0.3, 0.4) is 0 Å². The maximum absolute atomic E-state index is 5.89. The minimum atomic E-state index is 0.327. The van der Waals surface area contributed by atoms with Crippen LogP contribution in [0.4, 0.5) is 5.82 Å². The first-order valence-electron chi connectivity index (χ1n) is 6.96. The van der Waals surface area contributed by atoms with Crippen LogP contribution >= 0.6 is 34.2 Å². The van der Waals surface area contributed by atoms with Crippen LogP contribution in [-0.2, 0) is 0 Å². The van der Waals surface area contributed by atoms with Crippen molar-refractivity contribution >= 4 is 40.0 Å². The Morgan fingerprint density at radius 3 is 2.62 bits per heavy atom. The minimum absolute atomic E-state index is 0.327. The van der Waals surface area contributed by atoms with Crippen LogP contribution in [0, 0.1) is 3.57 Å². The zero-order chi connectivity index (χ0) is 15.4. The number of rotatable bonds is 5. The van der Waals surface area contributed by atoms with E-state index in [1.807, 2.05) is 6.07 Å². The lowest BCUT2D eigenvalue weighted by atomic mass is 10.1. The highest BCUT2D eigenvalue weighted by Gasteiger charge is 2.16. The molecule has 0 spiro atoms. The number of halogens is 2. The van der Waals surface area contributed by atoms with Gasteiger partial charge in [-0.25, -0.2) is 9.97 Å². The molecule has 4 nitrogen and oxygen atoms in total. The highest BCUT2D eigenvalue weighted by Crippen LogP contribution is 2.28. The summed E-state index contributed by atoms with van der Waals surface area (Å²) < 4.78 is 1.08. The number of hydrogen-bond acceptors (Lipinski definition) is 4. The quantitative estimate of drug-likeness (QED) is 0.715. The number of nitrogens with zero attached hydrogens (tertiary/aromatic N) is 3. The van der Waals surface area contributed by atoms with Crippen LogP contribution < -0.4 is 5.32 Å². The Morgan fingerprint density at radius 2 is 2.05 bits per heavy atom. The molecular formula is C15H18ClIN4. The molecule has 2 aromatic heterocycles. The molecule has 2 heterocycles. The van der Waals surface area contributed by atoms with Crippen molar-refractivity contribution in [3.63, 3.8) is 0 Å². The first kappa shape index (κ1) is 16.4. The van der Waals surface area contributed by atoms with Crippen molar-refractivity contribution < 1.29 is 0 Å². The minimum Gasteiger partial charge on any atom is -0.369 e. The number of anilines is 1. The second kappa shape index (κ2) is 7.35. The molecule has 0 aliphatic heterocycles. The Labute approximate surface area is 143 Å². The van der Waals surface area contributed by atoms with Crippen molar-refractivity contribution in [2.75, 3.05) is 11.9 Å². The van der Waals surface area contributed by atoms with Crippen molar-refractivity contribution in [2.24, 2.45) is 0 Å². The standard InChI is InChI=1S/C15H18ClIN4/c1-4-7-18-15-12(17)13(9(2)3)20-14(21-15)11-6-5-10(16)8-19-11/h5-6,8-9H,4,7H2,1-3H3,(H,18,20,21). The van der Waals surface area contributed by atoms with E-state index >= 15 is 0 Å². The van der Waals surface area contributed by atoms with Gasteiger partial charge in [-0.1, -0.05) is 32.4 Å². The molecular weight excluding hydrogens is 399 g/mol. The van der Waals surface area contributed by atoms with E-state index in [-0.39, 0.29) is 0 Å². The Kier molecular flexibility index (Phi) is 5.75. The molecule has 0 saturated heterocycles. The van der Waals surface area contributed by atoms with E-state index in [9.17, 15) is 0 Å². The molecule has 2 aromatic rings. The van der Waals surface area contributed by atoms with Crippen molar-refractivity contribution in [1.29, 1.82) is 0 Å². The maximum atomic E-state index is 5.89. The summed E-state index contributed by atoms with van der Waals surface area (Å²) in [6, 6.07) is 3.65. The molecule has 21 heavy (non-hydrogen) atoms. The fourth-order valence-corrected chi connectivity index (χ4v) is 3.00. The molecule has 1 N–H and O–H groups in total. The van der Waals surface area contributed by atoms with Crippen LogP contribution in [0.15, 0.2) is 18.3 Å². The van der Waals surface area contributed by atoms with Crippen molar-refractivity contribution in [3.05, 3.63) is 32.6 Å². The van der Waals surface area contributed by atoms with Crippen molar-refractivity contribution in [1.82, 2.24) is 15.0 Å². The van der Waals surface area contributed by atoms with Gasteiger partial charge in [0.1, 0.15) is 11.5 Å². The molecule has 0 radical (unpaired) electrons. The zero-order valence-corrected chi connectivity index (χ0v) is 15.2. The smallest absolute Gasteiger partial charge is 0.180 e. The molecule has 0 saturated carbocycles. The molecule has 112 valence electrons. The van der Waals surface area contributed by atoms with Gasteiger partial charge < -0.3 is 5.32 Å². The van der Waals surface area contributed by atoms with Crippen LogP contribution in [-0.4, -0.2) is 21.5 Å². The molecule has 0 unspecified atom stereocenters. The third kappa shape index (κ3) is 4.03. The van der Waals surface area contributed by atoms with Crippen LogP contribution in [0.25, 0.3) is 11.5 Å². The summed E-state index contributed by atoms with van der Waals surface area (Å²) in [5, 5.41) is 3.98. The van der Waals surface area contributed by atoms with Gasteiger partial charge in [-0.3, -0.25) is 4.98 Å². The zero-order valence-electron chi connectivity index (χ0n) is 12.3. The van der Waals surface area contributed by atoms with E-state index in [1.165, 1.54) is 0 Å². The number of aromatic nitrogens is 3. The lowest BCUT2D eigenvalue weighted by Gasteiger charge is -2.14. The van der Waals surface area contributed by atoms with Gasteiger partial charge in [-0.05, 0) is 47.1 Å². The second-order valence-corrected chi connectivity index (χ2v) is 6.55. The topological polar surface area (TPSA) is 50.7 Å². The van der Waals surface area contributed by atoms with Gasteiger partial charge in [0.15, 0.2) is 5.82 Å². The third-order valence-corrected chi connectivity index (χ3v) is 4.21. The van der Waals surface area contributed by atoms with Crippen LogP contribution in [0.5, 0.6) is 0 Å². The lowest BCUT2D eigenvalue weighted by molar-refractivity contribution is 0.806. The van der Waals surface area contributed by atoms with Gasteiger partial charge in [-0.2, -0.15) is 0 Å². The molecule has 0 aliphatic carbocycles. The normalized spacial score (nSPS) is 11.0. The summed E-state index contributed by atoms with van der Waals surface area (Å²) in [6.07, 6.45) is 2.66. The van der Waals surface area contributed by atoms with E-state index in [0.717, 1.165) is 33.7 Å². The van der Waals surface area contributed by atoms with Crippen LogP contribution in [0.2, 0.25) is 5.02 Å². The predicted molar refractivity (Wildman–Crippen MR) is 95.9 cm³/mol. The number of pyridine rings is 1. The predicted octanol–water partition coefficient (Wildman–Crippen LogP) is 4.74. The highest BCUT2D eigenvalue weighted by atomic mass is 127. The van der Waals surface area contributed by atoms with E-state index in [2.05, 4.69) is 63.6 Å². The van der Waals surface area contributed by atoms with Crippen molar-refractivity contribution in [2.45, 2.75) is 33.1 Å². The summed E-state index contributed by atoms with van der Waals surface area (Å²) in [5.74, 6) is 1.84. The molecule has 0 atom stereocenters. The Balaban J connectivity index is 2.50. The van der Waals surface area contributed by atoms with Crippen LogP contribution in [0.1, 0.15) is 38.8 Å². The largest absolute Gasteiger partial charge is 0.369 e. The molecule has 6 heteroatoms. The van der Waals surface area contributed by atoms with E-state index < -0.39 is 0 Å². The fraction of sp³-hybridized carbons (Fsp3) is 0.400. The number of nitrogens with one attached hydrogen (secondary N) is 1. The average molecular weight is 417 g/mol. The lowest BCUT2D eigenvalue weighted by Crippen LogP contribution is -2.10. The molecule has 2 rings (SSSR count). The fourth-order valence-electron chi connectivity index (χ4n) is 1.83. The van der Waals surface area contributed by atoms with Gasteiger partial charge in [0.25, 0.3) is 0 Å². The third-order valence-electron chi connectivity index (χ3n) is 2.92. The Bertz CT molecular complexity index is 614. The summed E-state index contributed by atoms with van der Waals surface area (Å²) in [6.45, 7) is 7.28. The molecule has 0 aromatic carbocycles. The highest BCUT2D eigenvalue weighted by molar-refractivity contribution is 14.1. The molecule has 0 aliphatic rings. The van der Waals surface area contributed by atoms with Gasteiger partial charge in [0.05, 0.1) is 14.3 Å². The number of hydrogen-bond donors (Lipinski definition) is 1. The second-order valence-electron chi connectivity index (χ2n) is 5.04. The molecule has 0 fully saturated rings. The monoisotopic (exact) mass is 416 g/mol. The summed E-state index contributed by atoms with van der Waals surface area (Å²) in [4.78, 5) is 13.6. The van der Waals surface area contributed by atoms with E-state index in [4.69, 9.17) is 11.6 Å². The molecule has 0 amide bonds. The summed E-state index contributed by atoms with van der Waals surface area (Å²) >= 11 is 8.20. The van der Waals surface area contributed by atoms with Crippen molar-refractivity contribution in [3.8, 4) is 11.5 Å². The molecule has 0 bridgehead atoms. The average Bonchev–Trinajstić information content (AvgIpc) is 2.47. The summed E-state index contributed by atoms with van der Waals surface area (Å²) in [7, 11) is 0. The van der Waals surface area contributed by atoms with E-state index in [0.29, 0.717) is 16.8 Å².